The lowest BCUT2D eigenvalue weighted by atomic mass is 10.1. The maximum atomic E-state index is 11.6. The highest BCUT2D eigenvalue weighted by molar-refractivity contribution is 9.08. The van der Waals surface area contributed by atoms with Crippen LogP contribution < -0.4 is 0 Å². The van der Waals surface area contributed by atoms with E-state index in [0.717, 1.165) is 0 Å². The van der Waals surface area contributed by atoms with Gasteiger partial charge in [0.1, 0.15) is 6.20 Å². The normalized spacial score (nSPS) is 9.88. The molecule has 1 aromatic heterocycles. The van der Waals surface area contributed by atoms with Crippen molar-refractivity contribution in [1.82, 2.24) is 4.98 Å². The summed E-state index contributed by atoms with van der Waals surface area (Å²) >= 11 is 3.15. The molecule has 0 amide bonds. The van der Waals surface area contributed by atoms with Gasteiger partial charge in [-0.05, 0) is 28.5 Å². The molecule has 1 rings (SSSR count). The Balaban J connectivity index is 3.30. The smallest absolute Gasteiger partial charge is 0.378 e. The van der Waals surface area contributed by atoms with Crippen LogP contribution in [0.3, 0.4) is 0 Å². The molecular formula is C9H9BrN2O4. The number of nitrogens with zero attached hydrogens (tertiary/aromatic N) is 2. The molecule has 0 N–H and O–H groups in total. The highest BCUT2D eigenvalue weighted by Crippen LogP contribution is 2.22. The molecule has 0 saturated heterocycles. The Morgan fingerprint density at radius 2 is 2.38 bits per heavy atom. The Morgan fingerprint density at radius 1 is 1.69 bits per heavy atom. The molecule has 0 bridgehead atoms. The molecule has 1 aromatic rings. The van der Waals surface area contributed by atoms with Gasteiger partial charge in [0.15, 0.2) is 5.56 Å². The summed E-state index contributed by atoms with van der Waals surface area (Å²) in [5.41, 5.74) is 0.395. The fourth-order valence-corrected chi connectivity index (χ4v) is 1.63. The van der Waals surface area contributed by atoms with Crippen molar-refractivity contribution < 1.29 is 14.5 Å². The Hall–Kier alpha value is -1.50. The van der Waals surface area contributed by atoms with Crippen LogP contribution in [0.2, 0.25) is 0 Å². The van der Waals surface area contributed by atoms with Crippen molar-refractivity contribution in [1.29, 1.82) is 0 Å². The summed E-state index contributed by atoms with van der Waals surface area (Å²) in [6, 6.07) is 1.54. The molecule has 0 aliphatic carbocycles. The third-order valence-electron chi connectivity index (χ3n) is 1.81. The molecule has 7 heteroatoms. The number of aromatic nitrogens is 1. The highest BCUT2D eigenvalue weighted by Gasteiger charge is 2.26. The standard InChI is InChI=1S/C9H9BrN2O4/c1-2-16-9(13)7-6(5-10)3-4-11-8(7)12(14)15/h3-4H,2,5H2,1H3. The van der Waals surface area contributed by atoms with E-state index in [1.807, 2.05) is 0 Å². The van der Waals surface area contributed by atoms with Gasteiger partial charge in [0, 0.05) is 5.33 Å². The summed E-state index contributed by atoms with van der Waals surface area (Å²) in [4.78, 5) is 25.2. The summed E-state index contributed by atoms with van der Waals surface area (Å²) < 4.78 is 4.76. The van der Waals surface area contributed by atoms with Crippen molar-refractivity contribution in [2.75, 3.05) is 6.61 Å². The number of carbonyl (C=O) groups is 1. The lowest BCUT2D eigenvalue weighted by Gasteiger charge is -2.05. The highest BCUT2D eigenvalue weighted by atomic mass is 79.9. The van der Waals surface area contributed by atoms with Gasteiger partial charge in [-0.2, -0.15) is 0 Å². The molecule has 0 radical (unpaired) electrons. The van der Waals surface area contributed by atoms with E-state index < -0.39 is 16.7 Å². The monoisotopic (exact) mass is 288 g/mol. The van der Waals surface area contributed by atoms with Gasteiger partial charge >= 0.3 is 11.8 Å². The van der Waals surface area contributed by atoms with Gasteiger partial charge in [0.05, 0.1) is 6.61 Å². The average molecular weight is 289 g/mol. The Kier molecular flexibility index (Phi) is 4.36. The zero-order valence-corrected chi connectivity index (χ0v) is 10.1. The van der Waals surface area contributed by atoms with Crippen molar-refractivity contribution in [3.63, 3.8) is 0 Å². The average Bonchev–Trinajstić information content (AvgIpc) is 2.28. The molecule has 0 unspecified atom stereocenters. The zero-order chi connectivity index (χ0) is 12.1. The van der Waals surface area contributed by atoms with E-state index in [1.54, 1.807) is 6.92 Å². The van der Waals surface area contributed by atoms with Crippen LogP contribution in [-0.2, 0) is 10.1 Å². The molecule has 86 valence electrons. The van der Waals surface area contributed by atoms with Gasteiger partial charge in [0.2, 0.25) is 0 Å². The van der Waals surface area contributed by atoms with E-state index in [9.17, 15) is 14.9 Å². The van der Waals surface area contributed by atoms with Crippen LogP contribution in [0.5, 0.6) is 0 Å². The molecule has 16 heavy (non-hydrogen) atoms. The maximum absolute atomic E-state index is 11.6. The van der Waals surface area contributed by atoms with E-state index >= 15 is 0 Å². The van der Waals surface area contributed by atoms with Crippen molar-refractivity contribution >= 4 is 27.7 Å². The number of carbonyl (C=O) groups excluding carboxylic acids is 1. The first-order valence-electron chi connectivity index (χ1n) is 4.47. The predicted molar refractivity (Wildman–Crippen MR) is 59.5 cm³/mol. The summed E-state index contributed by atoms with van der Waals surface area (Å²) in [5, 5.41) is 11.0. The van der Waals surface area contributed by atoms with E-state index in [2.05, 4.69) is 20.9 Å². The second-order valence-corrected chi connectivity index (χ2v) is 3.34. The van der Waals surface area contributed by atoms with Crippen molar-refractivity contribution in [2.24, 2.45) is 0 Å². The summed E-state index contributed by atoms with van der Waals surface area (Å²) in [6.45, 7) is 1.79. The predicted octanol–water partition coefficient (Wildman–Crippen LogP) is 2.06. The lowest BCUT2D eigenvalue weighted by Crippen LogP contribution is -2.12. The lowest BCUT2D eigenvalue weighted by molar-refractivity contribution is -0.389. The molecule has 0 spiro atoms. The van der Waals surface area contributed by atoms with Gasteiger partial charge in [-0.25, -0.2) is 4.79 Å². The first kappa shape index (κ1) is 12.6. The van der Waals surface area contributed by atoms with Gasteiger partial charge < -0.3 is 14.9 Å². The number of halogens is 1. The largest absolute Gasteiger partial charge is 0.462 e. The van der Waals surface area contributed by atoms with E-state index in [0.29, 0.717) is 10.9 Å². The number of rotatable bonds is 4. The van der Waals surface area contributed by atoms with Crippen LogP contribution in [0.4, 0.5) is 5.82 Å². The SMILES string of the molecule is CCOC(=O)c1c(CBr)ccnc1[N+](=O)[O-]. The number of hydrogen-bond acceptors (Lipinski definition) is 5. The molecule has 0 aliphatic rings. The van der Waals surface area contributed by atoms with Crippen LogP contribution in [0.25, 0.3) is 0 Å². The van der Waals surface area contributed by atoms with Gasteiger partial charge in [-0.1, -0.05) is 15.9 Å². The molecule has 0 fully saturated rings. The van der Waals surface area contributed by atoms with Gasteiger partial charge in [0.25, 0.3) is 0 Å². The minimum absolute atomic E-state index is 0.0915. The first-order valence-corrected chi connectivity index (χ1v) is 5.59. The van der Waals surface area contributed by atoms with E-state index in [-0.39, 0.29) is 12.2 Å². The third kappa shape index (κ3) is 2.54. The van der Waals surface area contributed by atoms with Crippen LogP contribution in [-0.4, -0.2) is 22.5 Å². The second kappa shape index (κ2) is 5.55. The maximum Gasteiger partial charge on any atom is 0.378 e. The Bertz CT molecular complexity index is 422. The van der Waals surface area contributed by atoms with Crippen molar-refractivity contribution in [3.05, 3.63) is 33.5 Å². The number of hydrogen-bond donors (Lipinski definition) is 0. The summed E-state index contributed by atoms with van der Waals surface area (Å²) in [6.07, 6.45) is 1.29. The first-order chi connectivity index (χ1) is 7.61. The number of ether oxygens (including phenoxy) is 1. The fraction of sp³-hybridized carbons (Fsp3) is 0.333. The molecule has 0 saturated carbocycles. The Morgan fingerprint density at radius 3 is 2.88 bits per heavy atom. The van der Waals surface area contributed by atoms with Gasteiger partial charge in [-0.3, -0.25) is 0 Å². The molecule has 0 aliphatic heterocycles. The van der Waals surface area contributed by atoms with Gasteiger partial charge in [-0.15, -0.1) is 0 Å². The van der Waals surface area contributed by atoms with Crippen molar-refractivity contribution in [3.8, 4) is 0 Å². The number of pyridine rings is 1. The topological polar surface area (TPSA) is 82.3 Å². The Labute approximate surface area is 99.9 Å². The third-order valence-corrected chi connectivity index (χ3v) is 2.42. The quantitative estimate of drug-likeness (QED) is 0.367. The molecular weight excluding hydrogens is 280 g/mol. The number of nitro groups is 1. The van der Waals surface area contributed by atoms with Crippen molar-refractivity contribution in [2.45, 2.75) is 12.3 Å². The minimum atomic E-state index is -0.725. The fourth-order valence-electron chi connectivity index (χ4n) is 1.16. The summed E-state index contributed by atoms with van der Waals surface area (Å²) in [7, 11) is 0. The molecule has 0 atom stereocenters. The van der Waals surface area contributed by atoms with E-state index in [4.69, 9.17) is 4.74 Å². The van der Waals surface area contributed by atoms with E-state index in [1.165, 1.54) is 12.3 Å². The molecule has 1 heterocycles. The molecule has 0 aromatic carbocycles. The van der Waals surface area contributed by atoms with Crippen LogP contribution >= 0.6 is 15.9 Å². The zero-order valence-electron chi connectivity index (χ0n) is 8.47. The van der Waals surface area contributed by atoms with Crippen LogP contribution in [0, 0.1) is 10.1 Å². The van der Waals surface area contributed by atoms with Crippen LogP contribution in [0.1, 0.15) is 22.8 Å². The second-order valence-electron chi connectivity index (χ2n) is 2.78. The molecule has 6 nitrogen and oxygen atoms in total. The number of alkyl halides is 1. The van der Waals surface area contributed by atoms with Crippen LogP contribution in [0.15, 0.2) is 12.3 Å². The summed E-state index contributed by atoms with van der Waals surface area (Å²) in [5.74, 6) is -1.20. The number of esters is 1. The minimum Gasteiger partial charge on any atom is -0.462 e.